The number of nitrogens with one attached hydrogen (secondary N) is 1. The maximum Gasteiger partial charge on any atom is 0.225 e. The predicted octanol–water partition coefficient (Wildman–Crippen LogP) is 2.64. The van der Waals surface area contributed by atoms with Crippen molar-refractivity contribution in [1.29, 1.82) is 0 Å². The Balaban J connectivity index is 0.00000242. The second-order valence-electron chi connectivity index (χ2n) is 5.82. The summed E-state index contributed by atoms with van der Waals surface area (Å²) in [7, 11) is 0. The minimum Gasteiger partial charge on any atom is -0.328 e. The molecule has 0 bridgehead atoms. The van der Waals surface area contributed by atoms with Gasteiger partial charge in [-0.05, 0) is 50.9 Å². The van der Waals surface area contributed by atoms with Gasteiger partial charge in [0.2, 0.25) is 5.91 Å². The van der Waals surface area contributed by atoms with Gasteiger partial charge < -0.3 is 16.0 Å². The van der Waals surface area contributed by atoms with Gasteiger partial charge in [0.25, 0.3) is 0 Å². The lowest BCUT2D eigenvalue weighted by atomic mass is 9.91. The van der Waals surface area contributed by atoms with E-state index in [0.717, 1.165) is 25.9 Å². The molecule has 4 nitrogen and oxygen atoms in total. The van der Waals surface area contributed by atoms with Crippen LogP contribution in [0, 0.1) is 11.7 Å². The van der Waals surface area contributed by atoms with E-state index in [0.29, 0.717) is 18.9 Å². The van der Waals surface area contributed by atoms with Crippen LogP contribution in [-0.4, -0.2) is 36.5 Å². The van der Waals surface area contributed by atoms with E-state index in [1.165, 1.54) is 6.07 Å². The number of carbonyl (C=O) groups is 1. The van der Waals surface area contributed by atoms with Crippen LogP contribution in [0.2, 0.25) is 0 Å². The first-order valence-corrected chi connectivity index (χ1v) is 7.58. The van der Waals surface area contributed by atoms with Crippen molar-refractivity contribution in [3.8, 4) is 0 Å². The Bertz CT molecular complexity index is 476. The molecule has 0 aliphatic carbocycles. The number of nitrogens with zero attached hydrogens (tertiary/aromatic N) is 1. The summed E-state index contributed by atoms with van der Waals surface area (Å²) in [5.41, 5.74) is 6.17. The fraction of sp³-hybridized carbons (Fsp3) is 0.562. The topological polar surface area (TPSA) is 58.4 Å². The molecular weight excluding hydrogens is 305 g/mol. The number of carbonyl (C=O) groups excluding carboxylic acids is 1. The van der Waals surface area contributed by atoms with Crippen molar-refractivity contribution in [3.63, 3.8) is 0 Å². The zero-order chi connectivity index (χ0) is 15.2. The SMILES string of the molecule is CC(N)C1CCN(CCC(=O)Nc2ccccc2F)CC1.Cl. The van der Waals surface area contributed by atoms with Crippen LogP contribution < -0.4 is 11.1 Å². The number of likely N-dealkylation sites (tertiary alicyclic amines) is 1. The van der Waals surface area contributed by atoms with Crippen molar-refractivity contribution in [1.82, 2.24) is 4.90 Å². The van der Waals surface area contributed by atoms with Gasteiger partial charge in [-0.15, -0.1) is 12.4 Å². The quantitative estimate of drug-likeness (QED) is 0.873. The van der Waals surface area contributed by atoms with Crippen LogP contribution in [0.4, 0.5) is 10.1 Å². The Morgan fingerprint density at radius 3 is 2.64 bits per heavy atom. The molecule has 3 N–H and O–H groups in total. The van der Waals surface area contributed by atoms with Crippen LogP contribution in [-0.2, 0) is 4.79 Å². The molecule has 1 fully saturated rings. The van der Waals surface area contributed by atoms with Crippen LogP contribution >= 0.6 is 12.4 Å². The Kier molecular flexibility index (Phi) is 7.79. The minimum absolute atomic E-state index is 0. The average molecular weight is 330 g/mol. The molecule has 1 aromatic carbocycles. The Hall–Kier alpha value is -1.17. The van der Waals surface area contributed by atoms with E-state index in [2.05, 4.69) is 17.1 Å². The standard InChI is InChI=1S/C16H24FN3O.ClH/c1-12(18)13-6-9-20(10-7-13)11-8-16(21)19-15-5-3-2-4-14(15)17;/h2-5,12-13H,6-11,18H2,1H3,(H,19,21);1H. The third-order valence-corrected chi connectivity index (χ3v) is 4.18. The van der Waals surface area contributed by atoms with E-state index in [1.807, 2.05) is 0 Å². The summed E-state index contributed by atoms with van der Waals surface area (Å²) in [6.07, 6.45) is 2.57. The molecule has 6 heteroatoms. The highest BCUT2D eigenvalue weighted by atomic mass is 35.5. The number of hydrogen-bond donors (Lipinski definition) is 2. The van der Waals surface area contributed by atoms with Crippen LogP contribution in [0.5, 0.6) is 0 Å². The number of piperidine rings is 1. The van der Waals surface area contributed by atoms with Crippen molar-refractivity contribution in [2.24, 2.45) is 11.7 Å². The lowest BCUT2D eigenvalue weighted by molar-refractivity contribution is -0.116. The van der Waals surface area contributed by atoms with Crippen LogP contribution in [0.3, 0.4) is 0 Å². The number of anilines is 1. The molecule has 124 valence electrons. The van der Waals surface area contributed by atoms with Crippen molar-refractivity contribution >= 4 is 24.0 Å². The fourth-order valence-corrected chi connectivity index (χ4v) is 2.74. The van der Waals surface area contributed by atoms with Gasteiger partial charge in [0, 0.05) is 19.0 Å². The highest BCUT2D eigenvalue weighted by Gasteiger charge is 2.22. The first-order valence-electron chi connectivity index (χ1n) is 7.58. The average Bonchev–Trinajstić information content (AvgIpc) is 2.48. The third-order valence-electron chi connectivity index (χ3n) is 4.18. The molecule has 1 aliphatic rings. The summed E-state index contributed by atoms with van der Waals surface area (Å²) in [5.74, 6) is 0.0477. The first-order chi connectivity index (χ1) is 10.1. The maximum atomic E-state index is 13.4. The highest BCUT2D eigenvalue weighted by molar-refractivity contribution is 5.90. The summed E-state index contributed by atoms with van der Waals surface area (Å²) >= 11 is 0. The zero-order valence-corrected chi connectivity index (χ0v) is 13.7. The van der Waals surface area contributed by atoms with Gasteiger partial charge >= 0.3 is 0 Å². The molecule has 2 rings (SSSR count). The lowest BCUT2D eigenvalue weighted by Gasteiger charge is -2.33. The van der Waals surface area contributed by atoms with E-state index < -0.39 is 5.82 Å². The molecule has 0 aromatic heterocycles. The van der Waals surface area contributed by atoms with Crippen LogP contribution in [0.1, 0.15) is 26.2 Å². The summed E-state index contributed by atoms with van der Waals surface area (Å²) in [6, 6.07) is 6.47. The summed E-state index contributed by atoms with van der Waals surface area (Å²) in [5, 5.41) is 2.62. The molecule has 1 aromatic rings. The minimum atomic E-state index is -0.399. The molecule has 1 amide bonds. The number of amides is 1. The van der Waals surface area contributed by atoms with Crippen molar-refractivity contribution in [2.45, 2.75) is 32.2 Å². The van der Waals surface area contributed by atoms with Gasteiger partial charge in [-0.2, -0.15) is 0 Å². The molecule has 1 heterocycles. The second-order valence-corrected chi connectivity index (χ2v) is 5.82. The Morgan fingerprint density at radius 1 is 1.41 bits per heavy atom. The summed E-state index contributed by atoms with van der Waals surface area (Å²) in [6.45, 7) is 4.74. The second kappa shape index (κ2) is 9.08. The first kappa shape index (κ1) is 18.9. The van der Waals surface area contributed by atoms with E-state index in [-0.39, 0.29) is 30.0 Å². The molecule has 22 heavy (non-hydrogen) atoms. The van der Waals surface area contributed by atoms with Crippen LogP contribution in [0.25, 0.3) is 0 Å². The van der Waals surface area contributed by atoms with Crippen LogP contribution in [0.15, 0.2) is 24.3 Å². The van der Waals surface area contributed by atoms with Gasteiger partial charge in [0.05, 0.1) is 5.69 Å². The maximum absolute atomic E-state index is 13.4. The van der Waals surface area contributed by atoms with E-state index in [9.17, 15) is 9.18 Å². The highest BCUT2D eigenvalue weighted by Crippen LogP contribution is 2.19. The molecule has 1 unspecified atom stereocenters. The zero-order valence-electron chi connectivity index (χ0n) is 12.9. The van der Waals surface area contributed by atoms with Crippen molar-refractivity contribution in [3.05, 3.63) is 30.1 Å². The molecule has 0 radical (unpaired) electrons. The lowest BCUT2D eigenvalue weighted by Crippen LogP contribution is -2.40. The predicted molar refractivity (Wildman–Crippen MR) is 89.7 cm³/mol. The van der Waals surface area contributed by atoms with Gasteiger partial charge in [-0.25, -0.2) is 4.39 Å². The van der Waals surface area contributed by atoms with Gasteiger partial charge in [-0.3, -0.25) is 4.79 Å². The molecule has 0 spiro atoms. The smallest absolute Gasteiger partial charge is 0.225 e. The molecule has 1 saturated heterocycles. The third kappa shape index (κ3) is 5.55. The van der Waals surface area contributed by atoms with E-state index in [4.69, 9.17) is 5.73 Å². The normalized spacial score (nSPS) is 17.6. The number of para-hydroxylation sites is 1. The molecule has 1 aliphatic heterocycles. The number of rotatable bonds is 5. The van der Waals surface area contributed by atoms with Gasteiger partial charge in [-0.1, -0.05) is 12.1 Å². The van der Waals surface area contributed by atoms with E-state index in [1.54, 1.807) is 18.2 Å². The number of nitrogens with two attached hydrogens (primary N) is 1. The largest absolute Gasteiger partial charge is 0.328 e. The number of halogens is 2. The number of benzene rings is 1. The van der Waals surface area contributed by atoms with Crippen molar-refractivity contribution in [2.75, 3.05) is 25.0 Å². The Morgan fingerprint density at radius 2 is 2.05 bits per heavy atom. The van der Waals surface area contributed by atoms with Gasteiger partial charge in [0.15, 0.2) is 0 Å². The van der Waals surface area contributed by atoms with Crippen molar-refractivity contribution < 1.29 is 9.18 Å². The monoisotopic (exact) mass is 329 g/mol. The molecule has 0 saturated carbocycles. The molecule has 1 atom stereocenters. The molecular formula is C16H25ClFN3O. The summed E-state index contributed by atoms with van der Waals surface area (Å²) in [4.78, 5) is 14.1. The Labute approximate surface area is 137 Å². The fourth-order valence-electron chi connectivity index (χ4n) is 2.74. The summed E-state index contributed by atoms with van der Waals surface area (Å²) < 4.78 is 13.4. The number of hydrogen-bond acceptors (Lipinski definition) is 3. The van der Waals surface area contributed by atoms with E-state index >= 15 is 0 Å². The van der Waals surface area contributed by atoms with Gasteiger partial charge in [0.1, 0.15) is 5.82 Å².